The average Bonchev–Trinajstić information content (AvgIpc) is 2.91. The third kappa shape index (κ3) is 3.58. The minimum absolute atomic E-state index is 0.288. The molecule has 0 aliphatic rings. The van der Waals surface area contributed by atoms with Gasteiger partial charge in [0.15, 0.2) is 5.13 Å². The van der Waals surface area contributed by atoms with Gasteiger partial charge in [0.05, 0.1) is 12.3 Å². The van der Waals surface area contributed by atoms with E-state index in [-0.39, 0.29) is 11.8 Å². The molecule has 0 bridgehead atoms. The molecule has 0 aliphatic heterocycles. The molecule has 0 unspecified atom stereocenters. The summed E-state index contributed by atoms with van der Waals surface area (Å²) in [7, 11) is 0. The Morgan fingerprint density at radius 1 is 1.38 bits per heavy atom. The van der Waals surface area contributed by atoms with Crippen molar-refractivity contribution in [1.29, 1.82) is 0 Å². The van der Waals surface area contributed by atoms with Gasteiger partial charge in [0.2, 0.25) is 0 Å². The Morgan fingerprint density at radius 2 is 2.05 bits per heavy atom. The molecule has 1 N–H and O–H groups in total. The number of carbonyl (C=O) groups excluding carboxylic acids is 1. The third-order valence-electron chi connectivity index (χ3n) is 3.03. The Kier molecular flexibility index (Phi) is 4.57. The first kappa shape index (κ1) is 15.4. The van der Waals surface area contributed by atoms with Gasteiger partial charge in [0, 0.05) is 11.1 Å². The number of carbonyl (C=O) groups is 1. The molecule has 0 saturated heterocycles. The largest absolute Gasteiger partial charge is 0.465 e. The summed E-state index contributed by atoms with van der Waals surface area (Å²) < 4.78 is 17.9. The maximum Gasteiger partial charge on any atom is 0.317 e. The molecule has 0 radical (unpaired) electrons. The third-order valence-corrected chi connectivity index (χ3v) is 3.78. The van der Waals surface area contributed by atoms with Crippen molar-refractivity contribution in [2.24, 2.45) is 0 Å². The summed E-state index contributed by atoms with van der Waals surface area (Å²) in [5.74, 6) is -0.590. The molecule has 6 heteroatoms. The van der Waals surface area contributed by atoms with Crippen molar-refractivity contribution >= 4 is 28.1 Å². The number of anilines is 2. The number of rotatable bonds is 5. The fourth-order valence-electron chi connectivity index (χ4n) is 1.69. The first-order valence-electron chi connectivity index (χ1n) is 6.59. The van der Waals surface area contributed by atoms with Crippen molar-refractivity contribution < 1.29 is 13.9 Å². The van der Waals surface area contributed by atoms with Crippen molar-refractivity contribution in [2.45, 2.75) is 26.2 Å². The van der Waals surface area contributed by atoms with Crippen LogP contribution in [0.15, 0.2) is 29.6 Å². The molecule has 1 heterocycles. The van der Waals surface area contributed by atoms with Crippen molar-refractivity contribution in [3.05, 3.63) is 41.2 Å². The predicted octanol–water partition coefficient (Wildman–Crippen LogP) is 3.87. The lowest BCUT2D eigenvalue weighted by Crippen LogP contribution is -2.31. The van der Waals surface area contributed by atoms with Crippen LogP contribution in [0.4, 0.5) is 15.2 Å². The van der Waals surface area contributed by atoms with Crippen LogP contribution in [0.25, 0.3) is 0 Å². The number of nitrogens with zero attached hydrogens (tertiary/aromatic N) is 1. The first-order valence-corrected chi connectivity index (χ1v) is 7.47. The number of hydrogen-bond donors (Lipinski definition) is 1. The van der Waals surface area contributed by atoms with Crippen molar-refractivity contribution in [3.8, 4) is 0 Å². The summed E-state index contributed by atoms with van der Waals surface area (Å²) in [5, 5.41) is 5.55. The molecule has 21 heavy (non-hydrogen) atoms. The summed E-state index contributed by atoms with van der Waals surface area (Å²) in [6.07, 6.45) is 0. The highest BCUT2D eigenvalue weighted by Gasteiger charge is 2.33. The standard InChI is InChI=1S/C15H17FN2O2S/c1-4-20-13(19)15(2,3)12-9-21-14(18-12)17-11-7-5-10(16)6-8-11/h5-9H,4H2,1-3H3,(H,17,18). The molecule has 0 amide bonds. The Labute approximate surface area is 127 Å². The summed E-state index contributed by atoms with van der Waals surface area (Å²) in [6, 6.07) is 6.01. The zero-order chi connectivity index (χ0) is 15.5. The second kappa shape index (κ2) is 6.22. The van der Waals surface area contributed by atoms with Crippen LogP contribution < -0.4 is 5.32 Å². The summed E-state index contributed by atoms with van der Waals surface area (Å²) in [4.78, 5) is 16.4. The zero-order valence-electron chi connectivity index (χ0n) is 12.1. The van der Waals surface area contributed by atoms with Gasteiger partial charge < -0.3 is 10.1 Å². The molecule has 2 aromatic rings. The van der Waals surface area contributed by atoms with Crippen LogP contribution in [0.2, 0.25) is 0 Å². The van der Waals surface area contributed by atoms with E-state index < -0.39 is 5.41 Å². The molecule has 112 valence electrons. The highest BCUT2D eigenvalue weighted by atomic mass is 32.1. The van der Waals surface area contributed by atoms with Crippen molar-refractivity contribution in [3.63, 3.8) is 0 Å². The van der Waals surface area contributed by atoms with E-state index in [9.17, 15) is 9.18 Å². The summed E-state index contributed by atoms with van der Waals surface area (Å²) in [6.45, 7) is 5.67. The summed E-state index contributed by atoms with van der Waals surface area (Å²) >= 11 is 1.39. The van der Waals surface area contributed by atoms with Gasteiger partial charge in [0.1, 0.15) is 11.2 Å². The SMILES string of the molecule is CCOC(=O)C(C)(C)c1csc(Nc2ccc(F)cc2)n1. The van der Waals surface area contributed by atoms with Crippen molar-refractivity contribution in [1.82, 2.24) is 4.98 Å². The number of aromatic nitrogens is 1. The number of hydrogen-bond acceptors (Lipinski definition) is 5. The molecule has 0 aliphatic carbocycles. The average molecular weight is 308 g/mol. The van der Waals surface area contributed by atoms with Gasteiger partial charge in [-0.3, -0.25) is 4.79 Å². The van der Waals surface area contributed by atoms with Gasteiger partial charge in [-0.25, -0.2) is 9.37 Å². The lowest BCUT2D eigenvalue weighted by molar-refractivity contribution is -0.148. The molecule has 1 aromatic heterocycles. The quantitative estimate of drug-likeness (QED) is 0.852. The predicted molar refractivity (Wildman–Crippen MR) is 81.5 cm³/mol. The Bertz CT molecular complexity index is 623. The van der Waals surface area contributed by atoms with Gasteiger partial charge in [-0.2, -0.15) is 0 Å². The molecular weight excluding hydrogens is 291 g/mol. The number of benzene rings is 1. The maximum atomic E-state index is 12.9. The molecule has 0 fully saturated rings. The number of nitrogens with one attached hydrogen (secondary N) is 1. The van der Waals surface area contributed by atoms with Crippen LogP contribution in [-0.4, -0.2) is 17.6 Å². The normalized spacial score (nSPS) is 11.2. The van der Waals surface area contributed by atoms with Crippen LogP contribution in [0.3, 0.4) is 0 Å². The van der Waals surface area contributed by atoms with Gasteiger partial charge in [0.25, 0.3) is 0 Å². The summed E-state index contributed by atoms with van der Waals surface area (Å²) in [5.41, 5.74) is 0.594. The second-order valence-electron chi connectivity index (χ2n) is 5.02. The molecule has 1 aromatic carbocycles. The number of esters is 1. The topological polar surface area (TPSA) is 51.2 Å². The highest BCUT2D eigenvalue weighted by Crippen LogP contribution is 2.29. The van der Waals surface area contributed by atoms with Crippen LogP contribution >= 0.6 is 11.3 Å². The first-order chi connectivity index (χ1) is 9.93. The number of thiazole rings is 1. The number of ether oxygens (including phenoxy) is 1. The Hall–Kier alpha value is -1.95. The Morgan fingerprint density at radius 3 is 2.67 bits per heavy atom. The van der Waals surface area contributed by atoms with E-state index in [2.05, 4.69) is 10.3 Å². The van der Waals surface area contributed by atoms with Crippen LogP contribution in [0.5, 0.6) is 0 Å². The molecular formula is C15H17FN2O2S. The minimum Gasteiger partial charge on any atom is -0.465 e. The Balaban J connectivity index is 2.14. The lowest BCUT2D eigenvalue weighted by Gasteiger charge is -2.19. The van der Waals surface area contributed by atoms with Gasteiger partial charge in [-0.15, -0.1) is 11.3 Å². The van der Waals surface area contributed by atoms with E-state index in [1.54, 1.807) is 32.9 Å². The van der Waals surface area contributed by atoms with E-state index in [4.69, 9.17) is 4.74 Å². The van der Waals surface area contributed by atoms with Gasteiger partial charge >= 0.3 is 5.97 Å². The lowest BCUT2D eigenvalue weighted by atomic mass is 9.90. The number of halogens is 1. The molecule has 0 saturated carbocycles. The van der Waals surface area contributed by atoms with E-state index in [1.165, 1.54) is 23.5 Å². The smallest absolute Gasteiger partial charge is 0.317 e. The second-order valence-corrected chi connectivity index (χ2v) is 5.87. The van der Waals surface area contributed by atoms with Gasteiger partial charge in [-0.05, 0) is 45.0 Å². The fraction of sp³-hybridized carbons (Fsp3) is 0.333. The van der Waals surface area contributed by atoms with E-state index in [1.807, 2.05) is 5.38 Å². The van der Waals surface area contributed by atoms with Gasteiger partial charge in [-0.1, -0.05) is 0 Å². The van der Waals surface area contributed by atoms with Crippen LogP contribution in [0, 0.1) is 5.82 Å². The minimum atomic E-state index is -0.796. The maximum absolute atomic E-state index is 12.9. The molecule has 0 spiro atoms. The van der Waals surface area contributed by atoms with E-state index >= 15 is 0 Å². The van der Waals surface area contributed by atoms with E-state index in [0.717, 1.165) is 5.69 Å². The molecule has 4 nitrogen and oxygen atoms in total. The zero-order valence-corrected chi connectivity index (χ0v) is 13.0. The van der Waals surface area contributed by atoms with Crippen molar-refractivity contribution in [2.75, 3.05) is 11.9 Å². The monoisotopic (exact) mass is 308 g/mol. The van der Waals surface area contributed by atoms with E-state index in [0.29, 0.717) is 17.4 Å². The fourth-order valence-corrected chi connectivity index (χ4v) is 2.59. The molecule has 2 rings (SSSR count). The van der Waals surface area contributed by atoms with Crippen LogP contribution in [0.1, 0.15) is 26.5 Å². The highest BCUT2D eigenvalue weighted by molar-refractivity contribution is 7.13. The molecule has 0 atom stereocenters. The van der Waals surface area contributed by atoms with Crippen LogP contribution in [-0.2, 0) is 14.9 Å².